The van der Waals surface area contributed by atoms with Gasteiger partial charge in [-0.05, 0) is 56.8 Å². The van der Waals surface area contributed by atoms with Crippen LogP contribution in [0.5, 0.6) is 0 Å². The van der Waals surface area contributed by atoms with Gasteiger partial charge in [0.25, 0.3) is 0 Å². The fourth-order valence-electron chi connectivity index (χ4n) is 2.86. The second-order valence-corrected chi connectivity index (χ2v) is 5.43. The number of hydrogen-bond acceptors (Lipinski definition) is 3. The molecule has 1 saturated heterocycles. The van der Waals surface area contributed by atoms with Gasteiger partial charge in [0.1, 0.15) is 0 Å². The van der Waals surface area contributed by atoms with E-state index in [1.54, 1.807) is 0 Å². The van der Waals surface area contributed by atoms with Gasteiger partial charge in [0.05, 0.1) is 0 Å². The minimum Gasteiger partial charge on any atom is -0.396 e. The van der Waals surface area contributed by atoms with Crippen LogP contribution in [0.3, 0.4) is 0 Å². The highest BCUT2D eigenvalue weighted by atomic mass is 16.3. The highest BCUT2D eigenvalue weighted by Crippen LogP contribution is 2.37. The summed E-state index contributed by atoms with van der Waals surface area (Å²) >= 11 is 0. The monoisotopic (exact) mass is 234 g/mol. The zero-order chi connectivity index (χ0) is 12.3. The van der Waals surface area contributed by atoms with Crippen LogP contribution in [0.1, 0.15) is 32.3 Å². The Balaban J connectivity index is 2.03. The lowest BCUT2D eigenvalue weighted by Gasteiger charge is -2.36. The van der Waals surface area contributed by atoms with Gasteiger partial charge in [0.2, 0.25) is 0 Å². The van der Waals surface area contributed by atoms with E-state index in [2.05, 4.69) is 35.9 Å². The maximum Gasteiger partial charge on any atom is 0.0434 e. The predicted molar refractivity (Wildman–Crippen MR) is 68.5 cm³/mol. The van der Waals surface area contributed by atoms with Gasteiger partial charge in [0.15, 0.2) is 0 Å². The summed E-state index contributed by atoms with van der Waals surface area (Å²) in [5.41, 5.74) is 1.50. The lowest BCUT2D eigenvalue weighted by Crippen LogP contribution is -2.42. The fraction of sp³-hybridized carbons (Fsp3) is 0.643. The molecule has 0 aliphatic carbocycles. The van der Waals surface area contributed by atoms with Gasteiger partial charge in [0, 0.05) is 31.1 Å². The Hall–Kier alpha value is -0.930. The molecule has 0 radical (unpaired) electrons. The third kappa shape index (κ3) is 2.67. The fourth-order valence-corrected chi connectivity index (χ4v) is 2.86. The summed E-state index contributed by atoms with van der Waals surface area (Å²) in [6.45, 7) is 7.00. The number of rotatable bonds is 4. The molecular formula is C14H22N2O. The van der Waals surface area contributed by atoms with Gasteiger partial charge in [-0.2, -0.15) is 0 Å². The number of hydrogen-bond donors (Lipinski definition) is 1. The van der Waals surface area contributed by atoms with Gasteiger partial charge >= 0.3 is 0 Å². The first-order valence-electron chi connectivity index (χ1n) is 6.39. The molecule has 3 nitrogen and oxygen atoms in total. The topological polar surface area (TPSA) is 36.4 Å². The summed E-state index contributed by atoms with van der Waals surface area (Å²) in [4.78, 5) is 6.57. The Morgan fingerprint density at radius 1 is 1.41 bits per heavy atom. The van der Waals surface area contributed by atoms with Crippen molar-refractivity contribution < 1.29 is 5.11 Å². The van der Waals surface area contributed by atoms with Crippen LogP contribution in [0.15, 0.2) is 24.5 Å². The third-order valence-electron chi connectivity index (χ3n) is 4.16. The van der Waals surface area contributed by atoms with Crippen molar-refractivity contribution >= 4 is 0 Å². The first-order chi connectivity index (χ1) is 8.14. The molecule has 94 valence electrons. The lowest BCUT2D eigenvalue weighted by atomic mass is 9.86. The van der Waals surface area contributed by atoms with Crippen LogP contribution in [-0.2, 0) is 6.54 Å². The molecule has 0 saturated carbocycles. The number of aliphatic hydroxyl groups excluding tert-OH is 1. The molecule has 0 spiro atoms. The first kappa shape index (κ1) is 12.5. The molecule has 0 amide bonds. The summed E-state index contributed by atoms with van der Waals surface area (Å²) in [6, 6.07) is 4.16. The molecule has 1 aromatic rings. The molecule has 3 heteroatoms. The largest absolute Gasteiger partial charge is 0.396 e. The SMILES string of the molecule is CC1(C)C(CCO)CCN1Cc1ccncc1. The molecule has 1 aromatic heterocycles. The van der Waals surface area contributed by atoms with E-state index in [1.807, 2.05) is 12.4 Å². The van der Waals surface area contributed by atoms with Crippen LogP contribution in [0, 0.1) is 5.92 Å². The van der Waals surface area contributed by atoms with E-state index >= 15 is 0 Å². The number of nitrogens with zero attached hydrogens (tertiary/aromatic N) is 2. The van der Waals surface area contributed by atoms with Gasteiger partial charge in [-0.15, -0.1) is 0 Å². The highest BCUT2D eigenvalue weighted by molar-refractivity contribution is 5.11. The molecule has 0 bridgehead atoms. The molecule has 1 aliphatic heterocycles. The van der Waals surface area contributed by atoms with E-state index in [4.69, 9.17) is 5.11 Å². The molecule has 1 fully saturated rings. The summed E-state index contributed by atoms with van der Waals surface area (Å²) in [5, 5.41) is 9.11. The summed E-state index contributed by atoms with van der Waals surface area (Å²) in [6.07, 6.45) is 5.81. The number of pyridine rings is 1. The molecule has 2 heterocycles. The second kappa shape index (κ2) is 5.15. The summed E-state index contributed by atoms with van der Waals surface area (Å²) in [7, 11) is 0. The van der Waals surface area contributed by atoms with Gasteiger partial charge in [-0.3, -0.25) is 9.88 Å². The van der Waals surface area contributed by atoms with Crippen molar-refractivity contribution in [2.75, 3.05) is 13.2 Å². The van der Waals surface area contributed by atoms with Crippen molar-refractivity contribution in [3.8, 4) is 0 Å². The van der Waals surface area contributed by atoms with Crippen LogP contribution in [0.2, 0.25) is 0 Å². The minimum absolute atomic E-state index is 0.187. The van der Waals surface area contributed by atoms with Crippen LogP contribution < -0.4 is 0 Å². The van der Waals surface area contributed by atoms with E-state index < -0.39 is 0 Å². The van der Waals surface area contributed by atoms with E-state index in [-0.39, 0.29) is 5.54 Å². The highest BCUT2D eigenvalue weighted by Gasteiger charge is 2.40. The summed E-state index contributed by atoms with van der Waals surface area (Å²) < 4.78 is 0. The summed E-state index contributed by atoms with van der Waals surface area (Å²) in [5.74, 6) is 0.606. The normalized spacial score (nSPS) is 24.1. The Bertz CT molecular complexity index is 350. The van der Waals surface area contributed by atoms with Crippen molar-refractivity contribution in [3.05, 3.63) is 30.1 Å². The number of likely N-dealkylation sites (tertiary alicyclic amines) is 1. The van der Waals surface area contributed by atoms with E-state index in [9.17, 15) is 0 Å². The standard InChI is InChI=1S/C14H22N2O/c1-14(2)13(6-10-17)5-9-16(14)11-12-3-7-15-8-4-12/h3-4,7-8,13,17H,5-6,9-11H2,1-2H3. The maximum absolute atomic E-state index is 9.11. The van der Waals surface area contributed by atoms with Crippen molar-refractivity contribution in [1.82, 2.24) is 9.88 Å². The number of aliphatic hydroxyl groups is 1. The van der Waals surface area contributed by atoms with E-state index in [0.29, 0.717) is 12.5 Å². The average molecular weight is 234 g/mol. The van der Waals surface area contributed by atoms with Crippen LogP contribution >= 0.6 is 0 Å². The van der Waals surface area contributed by atoms with Gasteiger partial charge in [-0.25, -0.2) is 0 Å². The van der Waals surface area contributed by atoms with Crippen molar-refractivity contribution in [2.45, 2.75) is 38.8 Å². The smallest absolute Gasteiger partial charge is 0.0434 e. The van der Waals surface area contributed by atoms with E-state index in [0.717, 1.165) is 19.5 Å². The first-order valence-corrected chi connectivity index (χ1v) is 6.39. The van der Waals surface area contributed by atoms with Crippen molar-refractivity contribution in [3.63, 3.8) is 0 Å². The average Bonchev–Trinajstić information content (AvgIpc) is 2.58. The third-order valence-corrected chi connectivity index (χ3v) is 4.16. The second-order valence-electron chi connectivity index (χ2n) is 5.43. The maximum atomic E-state index is 9.11. The van der Waals surface area contributed by atoms with E-state index in [1.165, 1.54) is 12.0 Å². The molecule has 0 aromatic carbocycles. The Morgan fingerprint density at radius 3 is 2.76 bits per heavy atom. The van der Waals surface area contributed by atoms with Gasteiger partial charge in [-0.1, -0.05) is 0 Å². The number of aromatic nitrogens is 1. The molecule has 1 aliphatic rings. The van der Waals surface area contributed by atoms with Crippen molar-refractivity contribution in [2.24, 2.45) is 5.92 Å². The van der Waals surface area contributed by atoms with Crippen LogP contribution in [0.25, 0.3) is 0 Å². The molecule has 1 N–H and O–H groups in total. The quantitative estimate of drug-likeness (QED) is 0.866. The predicted octanol–water partition coefficient (Wildman–Crippen LogP) is 2.06. The molecular weight excluding hydrogens is 212 g/mol. The molecule has 2 rings (SSSR count). The van der Waals surface area contributed by atoms with Crippen molar-refractivity contribution in [1.29, 1.82) is 0 Å². The van der Waals surface area contributed by atoms with Gasteiger partial charge < -0.3 is 5.11 Å². The van der Waals surface area contributed by atoms with Crippen LogP contribution in [0.4, 0.5) is 0 Å². The molecule has 1 unspecified atom stereocenters. The lowest BCUT2D eigenvalue weighted by molar-refractivity contribution is 0.115. The zero-order valence-electron chi connectivity index (χ0n) is 10.8. The Labute approximate surface area is 103 Å². The van der Waals surface area contributed by atoms with Crippen LogP contribution in [-0.4, -0.2) is 33.7 Å². The Morgan fingerprint density at radius 2 is 2.12 bits per heavy atom. The zero-order valence-corrected chi connectivity index (χ0v) is 10.8. The molecule has 1 atom stereocenters. The Kier molecular flexibility index (Phi) is 3.79. The molecule has 17 heavy (non-hydrogen) atoms. The minimum atomic E-state index is 0.187.